The van der Waals surface area contributed by atoms with E-state index in [-0.39, 0.29) is 0 Å². The molecular formula is C12H20N6. The van der Waals surface area contributed by atoms with Crippen molar-refractivity contribution in [1.82, 2.24) is 19.7 Å². The van der Waals surface area contributed by atoms with Gasteiger partial charge in [-0.05, 0) is 19.4 Å². The lowest BCUT2D eigenvalue weighted by Gasteiger charge is -2.18. The number of fused-ring (bicyclic) bond motifs is 1. The molecule has 0 unspecified atom stereocenters. The highest BCUT2D eigenvalue weighted by Crippen LogP contribution is 2.21. The maximum Gasteiger partial charge on any atom is 0.163 e. The highest BCUT2D eigenvalue weighted by atomic mass is 15.3. The van der Waals surface area contributed by atoms with Crippen molar-refractivity contribution in [2.24, 2.45) is 12.8 Å². The van der Waals surface area contributed by atoms with Gasteiger partial charge in [0, 0.05) is 20.6 Å². The molecule has 0 aromatic carbocycles. The average Bonchev–Trinajstić information content (AvgIpc) is 2.76. The van der Waals surface area contributed by atoms with E-state index in [0.717, 1.165) is 49.2 Å². The molecule has 0 amide bonds. The lowest BCUT2D eigenvalue weighted by atomic mass is 10.2. The molecule has 2 N–H and O–H groups in total. The molecule has 6 nitrogen and oxygen atoms in total. The van der Waals surface area contributed by atoms with Gasteiger partial charge in [0.25, 0.3) is 0 Å². The van der Waals surface area contributed by atoms with Gasteiger partial charge in [0.2, 0.25) is 0 Å². The number of hydrogen-bond donors (Lipinski definition) is 1. The minimum atomic E-state index is 0.768. The van der Waals surface area contributed by atoms with E-state index >= 15 is 0 Å². The van der Waals surface area contributed by atoms with E-state index in [2.05, 4.69) is 27.0 Å². The van der Waals surface area contributed by atoms with E-state index in [9.17, 15) is 0 Å². The average molecular weight is 248 g/mol. The molecule has 0 radical (unpaired) electrons. The van der Waals surface area contributed by atoms with Crippen LogP contribution < -0.4 is 10.6 Å². The molecule has 0 bridgehead atoms. The first kappa shape index (κ1) is 12.8. The van der Waals surface area contributed by atoms with Crippen molar-refractivity contribution < 1.29 is 0 Å². The Balaban J connectivity index is 2.10. The van der Waals surface area contributed by atoms with E-state index in [1.54, 1.807) is 11.0 Å². The van der Waals surface area contributed by atoms with Crippen LogP contribution in [0.15, 0.2) is 12.5 Å². The number of aromatic nitrogens is 4. The number of nitrogens with two attached hydrogens (primary N) is 1. The molecule has 2 aromatic heterocycles. The topological polar surface area (TPSA) is 72.9 Å². The number of aryl methyl sites for hydroxylation is 1. The van der Waals surface area contributed by atoms with Crippen LogP contribution in [0.5, 0.6) is 0 Å². The van der Waals surface area contributed by atoms with Crippen LogP contribution in [0.3, 0.4) is 0 Å². The van der Waals surface area contributed by atoms with E-state index < -0.39 is 0 Å². The SMILES string of the molecule is CN(CCCCCN)c1ncnc2c1cnn2C. The molecule has 6 heteroatoms. The van der Waals surface area contributed by atoms with Crippen LogP contribution in [0.25, 0.3) is 11.0 Å². The number of anilines is 1. The molecule has 0 saturated heterocycles. The summed E-state index contributed by atoms with van der Waals surface area (Å²) in [6, 6.07) is 0. The standard InChI is InChI=1S/C12H20N6/c1-17(7-5-3-4-6-13)11-10-8-16-18(2)12(10)15-9-14-11/h8-9H,3-7,13H2,1-2H3. The molecule has 2 rings (SSSR count). The normalized spacial score (nSPS) is 11.1. The molecule has 0 saturated carbocycles. The third kappa shape index (κ3) is 2.59. The summed E-state index contributed by atoms with van der Waals surface area (Å²) >= 11 is 0. The van der Waals surface area contributed by atoms with Crippen LogP contribution in [-0.4, -0.2) is 39.9 Å². The zero-order valence-electron chi connectivity index (χ0n) is 11.0. The zero-order chi connectivity index (χ0) is 13.0. The molecule has 0 fully saturated rings. The van der Waals surface area contributed by atoms with Gasteiger partial charge in [-0.1, -0.05) is 6.42 Å². The van der Waals surface area contributed by atoms with Gasteiger partial charge in [0.05, 0.1) is 11.6 Å². The molecule has 2 heterocycles. The summed E-state index contributed by atoms with van der Waals surface area (Å²) < 4.78 is 1.77. The maximum atomic E-state index is 5.49. The van der Waals surface area contributed by atoms with Crippen molar-refractivity contribution in [3.05, 3.63) is 12.5 Å². The third-order valence-electron chi connectivity index (χ3n) is 3.07. The number of unbranched alkanes of at least 4 members (excludes halogenated alkanes) is 2. The largest absolute Gasteiger partial charge is 0.359 e. The fraction of sp³-hybridized carbons (Fsp3) is 0.583. The highest BCUT2D eigenvalue weighted by Gasteiger charge is 2.10. The fourth-order valence-corrected chi connectivity index (χ4v) is 2.03. The lowest BCUT2D eigenvalue weighted by molar-refractivity contribution is 0.677. The van der Waals surface area contributed by atoms with Crippen molar-refractivity contribution in [2.75, 3.05) is 25.0 Å². The van der Waals surface area contributed by atoms with Crippen molar-refractivity contribution in [3.63, 3.8) is 0 Å². The van der Waals surface area contributed by atoms with Crippen LogP contribution in [0.1, 0.15) is 19.3 Å². The van der Waals surface area contributed by atoms with Crippen LogP contribution >= 0.6 is 0 Å². The van der Waals surface area contributed by atoms with Crippen molar-refractivity contribution >= 4 is 16.9 Å². The number of rotatable bonds is 6. The number of nitrogens with zero attached hydrogens (tertiary/aromatic N) is 5. The fourth-order valence-electron chi connectivity index (χ4n) is 2.03. The first-order valence-electron chi connectivity index (χ1n) is 6.28. The Morgan fingerprint density at radius 3 is 2.89 bits per heavy atom. The molecule has 0 atom stereocenters. The molecule has 0 aliphatic carbocycles. The van der Waals surface area contributed by atoms with Crippen molar-refractivity contribution in [2.45, 2.75) is 19.3 Å². The Morgan fingerprint density at radius 2 is 2.11 bits per heavy atom. The van der Waals surface area contributed by atoms with E-state index in [0.29, 0.717) is 0 Å². The predicted molar refractivity (Wildman–Crippen MR) is 72.5 cm³/mol. The van der Waals surface area contributed by atoms with E-state index in [1.165, 1.54) is 0 Å². The lowest BCUT2D eigenvalue weighted by Crippen LogP contribution is -2.20. The summed E-state index contributed by atoms with van der Waals surface area (Å²) in [5, 5.41) is 5.22. The third-order valence-corrected chi connectivity index (χ3v) is 3.07. The Labute approximate surface area is 107 Å². The minimum Gasteiger partial charge on any atom is -0.359 e. The summed E-state index contributed by atoms with van der Waals surface area (Å²) in [5.41, 5.74) is 6.36. The first-order chi connectivity index (χ1) is 8.74. The van der Waals surface area contributed by atoms with Gasteiger partial charge in [0.1, 0.15) is 12.1 Å². The maximum absolute atomic E-state index is 5.49. The molecule has 0 aliphatic rings. The van der Waals surface area contributed by atoms with Crippen LogP contribution in [0.4, 0.5) is 5.82 Å². The van der Waals surface area contributed by atoms with Gasteiger partial charge in [0.15, 0.2) is 5.65 Å². The molecule has 2 aromatic rings. The smallest absolute Gasteiger partial charge is 0.163 e. The van der Waals surface area contributed by atoms with Gasteiger partial charge in [-0.25, -0.2) is 9.97 Å². The minimum absolute atomic E-state index is 0.768. The first-order valence-corrected chi connectivity index (χ1v) is 6.28. The molecule has 0 spiro atoms. The van der Waals surface area contributed by atoms with Crippen molar-refractivity contribution in [3.8, 4) is 0 Å². The summed E-state index contributed by atoms with van der Waals surface area (Å²) in [4.78, 5) is 10.8. The highest BCUT2D eigenvalue weighted by molar-refractivity contribution is 5.86. The summed E-state index contributed by atoms with van der Waals surface area (Å²) in [7, 11) is 3.94. The summed E-state index contributed by atoms with van der Waals surface area (Å²) in [6.07, 6.45) is 6.78. The van der Waals surface area contributed by atoms with Gasteiger partial charge in [-0.2, -0.15) is 5.10 Å². The molecule has 0 aliphatic heterocycles. The van der Waals surface area contributed by atoms with Gasteiger partial charge in [-0.3, -0.25) is 4.68 Å². The Hall–Kier alpha value is -1.69. The second-order valence-corrected chi connectivity index (χ2v) is 4.47. The zero-order valence-corrected chi connectivity index (χ0v) is 11.0. The monoisotopic (exact) mass is 248 g/mol. The van der Waals surface area contributed by atoms with E-state index in [4.69, 9.17) is 5.73 Å². The predicted octanol–water partition coefficient (Wildman–Crippen LogP) is 0.928. The molecular weight excluding hydrogens is 228 g/mol. The second-order valence-electron chi connectivity index (χ2n) is 4.47. The van der Waals surface area contributed by atoms with E-state index in [1.807, 2.05) is 13.2 Å². The van der Waals surface area contributed by atoms with Gasteiger partial charge < -0.3 is 10.6 Å². The quantitative estimate of drug-likeness (QED) is 0.770. The van der Waals surface area contributed by atoms with Crippen LogP contribution in [0.2, 0.25) is 0 Å². The van der Waals surface area contributed by atoms with Gasteiger partial charge in [-0.15, -0.1) is 0 Å². The second kappa shape index (κ2) is 5.77. The van der Waals surface area contributed by atoms with Crippen molar-refractivity contribution in [1.29, 1.82) is 0 Å². The Morgan fingerprint density at radius 1 is 1.28 bits per heavy atom. The molecule has 98 valence electrons. The Kier molecular flexibility index (Phi) is 4.09. The summed E-state index contributed by atoms with van der Waals surface area (Å²) in [6.45, 7) is 1.74. The van der Waals surface area contributed by atoms with Crippen LogP contribution in [-0.2, 0) is 7.05 Å². The van der Waals surface area contributed by atoms with Crippen LogP contribution in [0, 0.1) is 0 Å². The Bertz CT molecular complexity index is 506. The number of hydrogen-bond acceptors (Lipinski definition) is 5. The molecule has 18 heavy (non-hydrogen) atoms. The summed E-state index contributed by atoms with van der Waals surface area (Å²) in [5.74, 6) is 0.945. The van der Waals surface area contributed by atoms with Gasteiger partial charge >= 0.3 is 0 Å².